The van der Waals surface area contributed by atoms with Gasteiger partial charge in [-0.3, -0.25) is 14.6 Å². The number of H-pyrrole nitrogens is 2. The van der Waals surface area contributed by atoms with E-state index in [9.17, 15) is 14.4 Å². The normalized spacial score (nSPS) is 11.1. The highest BCUT2D eigenvalue weighted by molar-refractivity contribution is 6.32. The first-order valence-corrected chi connectivity index (χ1v) is 9.76. The third-order valence-electron chi connectivity index (χ3n) is 3.67. The number of ether oxygens (including phenoxy) is 2. The van der Waals surface area contributed by atoms with Crippen LogP contribution in [-0.4, -0.2) is 40.5 Å². The van der Waals surface area contributed by atoms with E-state index in [2.05, 4.69) is 20.7 Å². The molecule has 0 saturated heterocycles. The molecule has 1 aromatic carbocycles. The quantitative estimate of drug-likeness (QED) is 0.381. The second kappa shape index (κ2) is 11.1. The Hall–Kier alpha value is -3.14. The Morgan fingerprint density at radius 1 is 1.33 bits per heavy atom. The lowest BCUT2D eigenvalue weighted by atomic mass is 10.2. The molecule has 10 nitrogen and oxygen atoms in total. The van der Waals surface area contributed by atoms with E-state index in [0.717, 1.165) is 0 Å². The molecule has 0 unspecified atom stereocenters. The van der Waals surface area contributed by atoms with Crippen LogP contribution in [-0.2, 0) is 11.2 Å². The number of nitrogens with zero attached hydrogens (tertiary/aromatic N) is 2. The van der Waals surface area contributed by atoms with E-state index in [1.165, 1.54) is 6.21 Å². The minimum atomic E-state index is -0.705. The molecule has 0 aliphatic rings. The smallest absolute Gasteiger partial charge is 0.342 e. The Kier molecular flexibility index (Phi) is 8.60. The number of halogens is 1. The monoisotopic (exact) mass is 437 g/mol. The van der Waals surface area contributed by atoms with Gasteiger partial charge in [-0.1, -0.05) is 25.4 Å². The van der Waals surface area contributed by atoms with E-state index in [-0.39, 0.29) is 18.5 Å². The molecule has 30 heavy (non-hydrogen) atoms. The first-order chi connectivity index (χ1) is 14.3. The standard InChI is InChI=1S/C19H24ClN5O5/c1-4-29-15-8-12(7-13(20)17(15)30-10-11(2)3)9-21-24-16(26)6-5-14-18(27)22-19(28)25-23-14/h7-9,11H,4-6,10H2,1-3H3,(H,24,26)(H2,22,25,27,28)/b21-9+. The average Bonchev–Trinajstić information content (AvgIpc) is 2.66. The van der Waals surface area contributed by atoms with E-state index in [4.69, 9.17) is 21.1 Å². The number of nitrogens with one attached hydrogen (secondary N) is 3. The van der Waals surface area contributed by atoms with Crippen molar-refractivity contribution in [2.75, 3.05) is 13.2 Å². The lowest BCUT2D eigenvalue weighted by Gasteiger charge is -2.15. The van der Waals surface area contributed by atoms with E-state index < -0.39 is 17.2 Å². The van der Waals surface area contributed by atoms with E-state index in [1.54, 1.807) is 12.1 Å². The number of amides is 1. The van der Waals surface area contributed by atoms with Crippen molar-refractivity contribution in [2.45, 2.75) is 33.6 Å². The Bertz CT molecular complexity index is 1020. The van der Waals surface area contributed by atoms with Crippen molar-refractivity contribution in [3.05, 3.63) is 49.3 Å². The van der Waals surface area contributed by atoms with Crippen molar-refractivity contribution in [3.63, 3.8) is 0 Å². The molecular weight excluding hydrogens is 414 g/mol. The van der Waals surface area contributed by atoms with Crippen LogP contribution in [0.5, 0.6) is 11.5 Å². The van der Waals surface area contributed by atoms with Crippen molar-refractivity contribution in [1.29, 1.82) is 0 Å². The summed E-state index contributed by atoms with van der Waals surface area (Å²) in [6, 6.07) is 3.36. The van der Waals surface area contributed by atoms with Gasteiger partial charge in [-0.15, -0.1) is 0 Å². The largest absolute Gasteiger partial charge is 0.490 e. The fraction of sp³-hybridized carbons (Fsp3) is 0.421. The maximum absolute atomic E-state index is 11.9. The predicted octanol–water partition coefficient (Wildman–Crippen LogP) is 1.63. The lowest BCUT2D eigenvalue weighted by molar-refractivity contribution is -0.121. The van der Waals surface area contributed by atoms with Crippen LogP contribution in [0.2, 0.25) is 5.02 Å². The zero-order valence-electron chi connectivity index (χ0n) is 17.0. The summed E-state index contributed by atoms with van der Waals surface area (Å²) >= 11 is 6.32. The second-order valence-electron chi connectivity index (χ2n) is 6.71. The molecule has 1 aromatic heterocycles. The van der Waals surface area contributed by atoms with Gasteiger partial charge in [0.1, 0.15) is 5.69 Å². The van der Waals surface area contributed by atoms with Gasteiger partial charge in [0.2, 0.25) is 5.91 Å². The summed E-state index contributed by atoms with van der Waals surface area (Å²) in [6.07, 6.45) is 1.44. The topological polar surface area (TPSA) is 139 Å². The van der Waals surface area contributed by atoms with Gasteiger partial charge >= 0.3 is 5.69 Å². The number of hydrogen-bond acceptors (Lipinski definition) is 7. The molecule has 162 valence electrons. The minimum Gasteiger partial charge on any atom is -0.490 e. The van der Waals surface area contributed by atoms with Gasteiger partial charge < -0.3 is 9.47 Å². The van der Waals surface area contributed by atoms with Crippen LogP contribution >= 0.6 is 11.6 Å². The molecule has 0 spiro atoms. The Labute approximate surface area is 177 Å². The van der Waals surface area contributed by atoms with Crippen molar-refractivity contribution < 1.29 is 14.3 Å². The van der Waals surface area contributed by atoms with Crippen molar-refractivity contribution in [3.8, 4) is 11.5 Å². The fourth-order valence-corrected chi connectivity index (χ4v) is 2.60. The summed E-state index contributed by atoms with van der Waals surface area (Å²) in [5, 5.41) is 9.99. The third-order valence-corrected chi connectivity index (χ3v) is 3.95. The van der Waals surface area contributed by atoms with E-state index in [0.29, 0.717) is 41.2 Å². The number of aryl methyl sites for hydroxylation is 1. The van der Waals surface area contributed by atoms with E-state index >= 15 is 0 Å². The summed E-state index contributed by atoms with van der Waals surface area (Å²) in [4.78, 5) is 36.4. The maximum Gasteiger partial charge on any atom is 0.342 e. The number of hydrazone groups is 1. The number of aromatic amines is 2. The zero-order chi connectivity index (χ0) is 22.1. The highest BCUT2D eigenvalue weighted by Crippen LogP contribution is 2.36. The molecule has 2 rings (SSSR count). The molecule has 0 aliphatic heterocycles. The van der Waals surface area contributed by atoms with Gasteiger partial charge in [0.25, 0.3) is 5.56 Å². The summed E-state index contributed by atoms with van der Waals surface area (Å²) < 4.78 is 11.3. The van der Waals surface area contributed by atoms with Crippen molar-refractivity contribution in [1.82, 2.24) is 20.6 Å². The molecule has 2 aromatic rings. The maximum atomic E-state index is 11.9. The third kappa shape index (κ3) is 7.03. The second-order valence-corrected chi connectivity index (χ2v) is 7.12. The van der Waals surface area contributed by atoms with Crippen molar-refractivity contribution in [2.24, 2.45) is 11.0 Å². The first kappa shape index (κ1) is 23.1. The number of benzene rings is 1. The minimum absolute atomic E-state index is 0.0353. The fourth-order valence-electron chi connectivity index (χ4n) is 2.32. The van der Waals surface area contributed by atoms with Crippen molar-refractivity contribution >= 4 is 23.7 Å². The molecule has 0 saturated carbocycles. The Morgan fingerprint density at radius 2 is 2.10 bits per heavy atom. The molecule has 3 N–H and O–H groups in total. The van der Waals surface area contributed by atoms with Gasteiger partial charge in [0.05, 0.1) is 24.5 Å². The first-order valence-electron chi connectivity index (χ1n) is 9.39. The van der Waals surface area contributed by atoms with Gasteiger partial charge in [0.15, 0.2) is 11.5 Å². The predicted molar refractivity (Wildman–Crippen MR) is 112 cm³/mol. The Morgan fingerprint density at radius 3 is 2.77 bits per heavy atom. The Balaban J connectivity index is 1.99. The van der Waals surface area contributed by atoms with Gasteiger partial charge in [-0.05, 0) is 30.5 Å². The number of rotatable bonds is 10. The van der Waals surface area contributed by atoms with Crippen LogP contribution in [0.4, 0.5) is 0 Å². The average molecular weight is 438 g/mol. The van der Waals surface area contributed by atoms with Crippen LogP contribution < -0.4 is 26.1 Å². The molecule has 0 radical (unpaired) electrons. The SMILES string of the molecule is CCOc1cc(/C=N/NC(=O)CCc2n[nH]c(=O)[nH]c2=O)cc(Cl)c1OCC(C)C. The number of carbonyl (C=O) groups excluding carboxylic acids is 1. The summed E-state index contributed by atoms with van der Waals surface area (Å²) in [5.74, 6) is 0.856. The lowest BCUT2D eigenvalue weighted by Crippen LogP contribution is -2.28. The zero-order valence-corrected chi connectivity index (χ0v) is 17.7. The van der Waals surface area contributed by atoms with Crippen LogP contribution in [0.15, 0.2) is 26.8 Å². The van der Waals surface area contributed by atoms with Crippen LogP contribution in [0.1, 0.15) is 38.4 Å². The van der Waals surface area contributed by atoms with E-state index in [1.807, 2.05) is 25.8 Å². The summed E-state index contributed by atoms with van der Waals surface area (Å²) in [5.41, 5.74) is 1.69. The van der Waals surface area contributed by atoms with Gasteiger partial charge in [0, 0.05) is 12.8 Å². The molecular formula is C19H24ClN5O5. The number of hydrogen-bond donors (Lipinski definition) is 3. The molecule has 0 aliphatic carbocycles. The van der Waals surface area contributed by atoms with Crippen LogP contribution in [0.3, 0.4) is 0 Å². The van der Waals surface area contributed by atoms with Gasteiger partial charge in [-0.25, -0.2) is 15.3 Å². The molecule has 0 fully saturated rings. The molecule has 1 heterocycles. The summed E-state index contributed by atoms with van der Waals surface area (Å²) in [6.45, 7) is 6.84. The van der Waals surface area contributed by atoms with Crippen LogP contribution in [0.25, 0.3) is 0 Å². The highest BCUT2D eigenvalue weighted by atomic mass is 35.5. The number of carbonyl (C=O) groups is 1. The molecule has 11 heteroatoms. The van der Waals surface area contributed by atoms with Gasteiger partial charge in [-0.2, -0.15) is 10.2 Å². The van der Waals surface area contributed by atoms with Crippen LogP contribution in [0, 0.1) is 5.92 Å². The highest BCUT2D eigenvalue weighted by Gasteiger charge is 2.13. The molecule has 1 amide bonds. The molecule has 0 bridgehead atoms. The number of aromatic nitrogens is 3. The molecule has 0 atom stereocenters. The summed E-state index contributed by atoms with van der Waals surface area (Å²) in [7, 11) is 0.